The molecular formula is C82H74N2O2. The fourth-order valence-electron chi connectivity index (χ4n) is 15.3. The second-order valence-corrected chi connectivity index (χ2v) is 25.3. The zero-order valence-corrected chi connectivity index (χ0v) is 50.5. The number of nitrogens with zero attached hydrogens (tertiary/aromatic N) is 2. The van der Waals surface area contributed by atoms with Crippen molar-refractivity contribution in [2.75, 3.05) is 9.80 Å². The summed E-state index contributed by atoms with van der Waals surface area (Å²) in [6.45, 7) is 13.3. The van der Waals surface area contributed by atoms with Gasteiger partial charge in [0.1, 0.15) is 11.3 Å². The topological polar surface area (TPSA) is 39.9 Å². The summed E-state index contributed by atoms with van der Waals surface area (Å²) in [6, 6.07) is 74.4. The third kappa shape index (κ3) is 9.02. The van der Waals surface area contributed by atoms with Gasteiger partial charge in [0.05, 0.1) is 22.7 Å². The van der Waals surface area contributed by atoms with Gasteiger partial charge in [-0.3, -0.25) is 0 Å². The first kappa shape index (κ1) is 53.6. The smallest absolute Gasteiger partial charge is 0.159 e. The number of aryl methyl sites for hydroxylation is 6. The first-order valence-corrected chi connectivity index (χ1v) is 31.6. The minimum absolute atomic E-state index is 0.261. The Morgan fingerprint density at radius 2 is 0.779 bits per heavy atom. The molecule has 86 heavy (non-hydrogen) atoms. The van der Waals surface area contributed by atoms with Crippen molar-refractivity contribution < 1.29 is 9.52 Å². The SMILES string of the molecule is Cc1ccc(C)c(N(c2cccc(-c3cccc(-c4ccccc4C)c3)c2O)c2cc(C3CCCCC3)c3ccc4c(N(c5cc(C)ccc5C)c5cccc6c5oc5c(-c7ccccc7C)cccc56)cc(C5CCCCC5)c5ccc2c3c54)c1. The van der Waals surface area contributed by atoms with Crippen LogP contribution in [0.1, 0.15) is 121 Å². The maximum Gasteiger partial charge on any atom is 0.159 e. The number of furan rings is 1. The van der Waals surface area contributed by atoms with E-state index >= 15 is 0 Å². The highest BCUT2D eigenvalue weighted by atomic mass is 16.3. The third-order valence-electron chi connectivity index (χ3n) is 19.8. The van der Waals surface area contributed by atoms with E-state index in [1.54, 1.807) is 0 Å². The van der Waals surface area contributed by atoms with Crippen LogP contribution in [-0.2, 0) is 0 Å². The average molecular weight is 1120 g/mol. The molecule has 0 spiro atoms. The van der Waals surface area contributed by atoms with E-state index in [0.29, 0.717) is 11.8 Å². The van der Waals surface area contributed by atoms with Crippen LogP contribution in [0.2, 0.25) is 0 Å². The van der Waals surface area contributed by atoms with Gasteiger partial charge in [0, 0.05) is 44.0 Å². The highest BCUT2D eigenvalue weighted by Crippen LogP contribution is 2.56. The molecule has 0 bridgehead atoms. The Bertz CT molecular complexity index is 4780. The van der Waals surface area contributed by atoms with Gasteiger partial charge in [0.15, 0.2) is 5.58 Å². The standard InChI is InChI=1S/C82H74N2O2/c1-50-37-39-54(5)74(45-50)83(72-35-19-31-62(80(72)85)59-28-17-27-58(47-59)60-29-15-13-21-52(60)3)76-48-70(56-23-9-7-10-24-56)63-42-44-69-77(49-71(57-25-11-8-12-26-57)64-41-43-68(76)78(63)79(64)69)84(75-46-51(2)38-40-55(75)6)73-36-20-34-67-66-33-18-32-65(81(66)86-82(67)73)61-30-16-14-22-53(61)4/h13-22,27-49,56-57,85H,7-12,23-26H2,1-6H3. The number of benzene rings is 12. The number of para-hydroxylation sites is 3. The molecule has 0 atom stereocenters. The van der Waals surface area contributed by atoms with Crippen LogP contribution in [0.25, 0.3) is 87.6 Å². The van der Waals surface area contributed by atoms with Crippen LogP contribution < -0.4 is 9.80 Å². The molecule has 15 rings (SSSR count). The quantitative estimate of drug-likeness (QED) is 0.131. The number of anilines is 6. The average Bonchev–Trinajstić information content (AvgIpc) is 0.758. The summed E-state index contributed by atoms with van der Waals surface area (Å²) in [5.41, 5.74) is 24.4. The van der Waals surface area contributed by atoms with Gasteiger partial charge < -0.3 is 19.3 Å². The Kier molecular flexibility index (Phi) is 13.6. The Morgan fingerprint density at radius 3 is 1.36 bits per heavy atom. The molecular weight excluding hydrogens is 1040 g/mol. The Labute approximate surface area is 506 Å². The van der Waals surface area contributed by atoms with E-state index in [-0.39, 0.29) is 5.75 Å². The number of phenolic OH excluding ortho intramolecular Hbond substituents is 1. The zero-order valence-electron chi connectivity index (χ0n) is 50.5. The summed E-state index contributed by atoms with van der Waals surface area (Å²) in [6.07, 6.45) is 12.1. The van der Waals surface area contributed by atoms with E-state index in [1.807, 2.05) is 0 Å². The maximum atomic E-state index is 13.3. The minimum atomic E-state index is 0.261. The minimum Gasteiger partial charge on any atom is -0.505 e. The van der Waals surface area contributed by atoms with Crippen molar-refractivity contribution in [3.63, 3.8) is 0 Å². The normalized spacial score (nSPS) is 14.3. The number of hydrogen-bond donors (Lipinski definition) is 1. The van der Waals surface area contributed by atoms with Crippen molar-refractivity contribution in [3.8, 4) is 39.1 Å². The molecule has 2 saturated carbocycles. The van der Waals surface area contributed by atoms with E-state index in [0.717, 1.165) is 104 Å². The second-order valence-electron chi connectivity index (χ2n) is 25.3. The zero-order chi connectivity index (χ0) is 58.3. The van der Waals surface area contributed by atoms with Gasteiger partial charge in [0.2, 0.25) is 0 Å². The molecule has 4 nitrogen and oxygen atoms in total. The monoisotopic (exact) mass is 1120 g/mol. The number of phenols is 1. The Morgan fingerprint density at radius 1 is 0.326 bits per heavy atom. The highest BCUT2D eigenvalue weighted by Gasteiger charge is 2.32. The molecule has 424 valence electrons. The van der Waals surface area contributed by atoms with Crippen molar-refractivity contribution in [3.05, 3.63) is 245 Å². The van der Waals surface area contributed by atoms with Crippen LogP contribution in [0, 0.1) is 41.5 Å². The van der Waals surface area contributed by atoms with Crippen molar-refractivity contribution >= 4 is 88.4 Å². The first-order valence-electron chi connectivity index (χ1n) is 31.6. The molecule has 0 unspecified atom stereocenters. The molecule has 2 fully saturated rings. The van der Waals surface area contributed by atoms with Crippen LogP contribution in [-0.4, -0.2) is 5.11 Å². The van der Waals surface area contributed by atoms with Crippen LogP contribution in [0.15, 0.2) is 205 Å². The summed E-state index contributed by atoms with van der Waals surface area (Å²) >= 11 is 0. The molecule has 4 heteroatoms. The van der Waals surface area contributed by atoms with Gasteiger partial charge >= 0.3 is 0 Å². The molecule has 0 amide bonds. The molecule has 2 aliphatic carbocycles. The van der Waals surface area contributed by atoms with Crippen molar-refractivity contribution in [2.24, 2.45) is 0 Å². The first-order chi connectivity index (χ1) is 42.1. The summed E-state index contributed by atoms with van der Waals surface area (Å²) in [5.74, 6) is 1.05. The number of fused-ring (bicyclic) bond motifs is 3. The molecule has 0 aliphatic heterocycles. The predicted molar refractivity (Wildman–Crippen MR) is 365 cm³/mol. The van der Waals surface area contributed by atoms with Crippen LogP contribution in [0.5, 0.6) is 5.75 Å². The van der Waals surface area contributed by atoms with E-state index in [1.165, 1.54) is 127 Å². The fourth-order valence-corrected chi connectivity index (χ4v) is 15.3. The lowest BCUT2D eigenvalue weighted by molar-refractivity contribution is 0.445. The summed E-state index contributed by atoms with van der Waals surface area (Å²) < 4.78 is 7.43. The van der Waals surface area contributed by atoms with Crippen LogP contribution in [0.4, 0.5) is 34.1 Å². The van der Waals surface area contributed by atoms with Gasteiger partial charge in [-0.15, -0.1) is 0 Å². The second kappa shape index (κ2) is 21.7. The molecule has 0 saturated heterocycles. The molecule has 1 heterocycles. The van der Waals surface area contributed by atoms with Gasteiger partial charge in [-0.1, -0.05) is 196 Å². The van der Waals surface area contributed by atoms with Crippen molar-refractivity contribution in [1.82, 2.24) is 0 Å². The Balaban J connectivity index is 1.04. The van der Waals surface area contributed by atoms with Gasteiger partial charge in [-0.2, -0.15) is 0 Å². The van der Waals surface area contributed by atoms with E-state index in [2.05, 4.69) is 252 Å². The highest BCUT2D eigenvalue weighted by molar-refractivity contribution is 6.30. The van der Waals surface area contributed by atoms with Crippen LogP contribution in [0.3, 0.4) is 0 Å². The summed E-state index contributed by atoms with van der Waals surface area (Å²) in [7, 11) is 0. The summed E-state index contributed by atoms with van der Waals surface area (Å²) in [4.78, 5) is 4.99. The predicted octanol–water partition coefficient (Wildman–Crippen LogP) is 24.1. The molecule has 13 aromatic rings. The molecule has 1 aromatic heterocycles. The number of aromatic hydroxyl groups is 1. The van der Waals surface area contributed by atoms with E-state index < -0.39 is 0 Å². The number of hydrogen-bond acceptors (Lipinski definition) is 4. The maximum absolute atomic E-state index is 13.3. The van der Waals surface area contributed by atoms with E-state index in [4.69, 9.17) is 4.42 Å². The molecule has 2 aliphatic rings. The van der Waals surface area contributed by atoms with Crippen LogP contribution >= 0.6 is 0 Å². The lowest BCUT2D eigenvalue weighted by atomic mass is 9.77. The molecule has 0 radical (unpaired) electrons. The summed E-state index contributed by atoms with van der Waals surface area (Å²) in [5, 5.41) is 23.2. The Hall–Kier alpha value is -9.12. The van der Waals surface area contributed by atoms with E-state index in [9.17, 15) is 5.11 Å². The molecule has 1 N–H and O–H groups in total. The fraction of sp³-hybridized carbons (Fsp3) is 0.220. The third-order valence-corrected chi connectivity index (χ3v) is 19.8. The largest absolute Gasteiger partial charge is 0.505 e. The van der Waals surface area contributed by atoms with Crippen molar-refractivity contribution in [1.29, 1.82) is 0 Å². The molecule has 12 aromatic carbocycles. The van der Waals surface area contributed by atoms with Gasteiger partial charge in [-0.25, -0.2) is 0 Å². The van der Waals surface area contributed by atoms with Crippen molar-refractivity contribution in [2.45, 2.75) is 118 Å². The number of rotatable bonds is 11. The lowest BCUT2D eigenvalue weighted by Gasteiger charge is -2.34. The van der Waals surface area contributed by atoms with Gasteiger partial charge in [0.25, 0.3) is 0 Å². The lowest BCUT2D eigenvalue weighted by Crippen LogP contribution is -2.16. The van der Waals surface area contributed by atoms with Gasteiger partial charge in [-0.05, 0) is 210 Å².